The monoisotopic (exact) mass is 557 g/mol. The molecule has 1 aliphatic rings. The fourth-order valence-corrected chi connectivity index (χ4v) is 5.38. The summed E-state index contributed by atoms with van der Waals surface area (Å²) in [5.74, 6) is -1.45. The normalized spacial score (nSPS) is 15.2. The Kier molecular flexibility index (Phi) is 9.60. The third-order valence-electron chi connectivity index (χ3n) is 6.25. The van der Waals surface area contributed by atoms with E-state index in [4.69, 9.17) is 23.2 Å². The Balaban J connectivity index is 1.88. The van der Waals surface area contributed by atoms with Crippen molar-refractivity contribution in [3.05, 3.63) is 63.9 Å². The van der Waals surface area contributed by atoms with Crippen LogP contribution in [0.5, 0.6) is 0 Å². The molecule has 7 nitrogen and oxygen atoms in total. The zero-order valence-corrected chi connectivity index (χ0v) is 22.5. The molecule has 0 bridgehead atoms. The summed E-state index contributed by atoms with van der Waals surface area (Å²) in [7, 11) is -3.89. The van der Waals surface area contributed by atoms with Crippen LogP contribution in [-0.2, 0) is 26.2 Å². The van der Waals surface area contributed by atoms with Crippen LogP contribution in [0.2, 0.25) is 10.0 Å². The molecule has 1 saturated carbocycles. The summed E-state index contributed by atoms with van der Waals surface area (Å²) in [5.41, 5.74) is 0.767. The number of benzene rings is 2. The Hall–Kier alpha value is -2.36. The Morgan fingerprint density at radius 3 is 2.28 bits per heavy atom. The van der Waals surface area contributed by atoms with Crippen molar-refractivity contribution in [2.45, 2.75) is 57.7 Å². The summed E-state index contributed by atoms with van der Waals surface area (Å²) in [6.07, 6.45) is 5.93. The van der Waals surface area contributed by atoms with Crippen LogP contribution in [0, 0.1) is 5.82 Å². The first-order valence-electron chi connectivity index (χ1n) is 11.7. The van der Waals surface area contributed by atoms with Crippen LogP contribution in [0.25, 0.3) is 0 Å². The van der Waals surface area contributed by atoms with Crippen molar-refractivity contribution in [1.29, 1.82) is 0 Å². The molecule has 2 amide bonds. The standard InChI is InChI=1S/C25H30Cl2FN3O4S/c1-17(25(33)29-20-6-4-3-5-7-20)30(15-18-8-13-22(26)23(27)14-18)24(32)16-31(36(2,34)35)21-11-9-19(28)10-12-21/h8-14,17,20H,3-7,15-16H2,1-2H3,(H,29,33)/t17-/m1/s1. The van der Waals surface area contributed by atoms with E-state index >= 15 is 0 Å². The Morgan fingerprint density at radius 1 is 1.06 bits per heavy atom. The van der Waals surface area contributed by atoms with Crippen molar-refractivity contribution in [2.75, 3.05) is 17.1 Å². The molecule has 1 fully saturated rings. The van der Waals surface area contributed by atoms with Gasteiger partial charge in [0.15, 0.2) is 0 Å². The highest BCUT2D eigenvalue weighted by Gasteiger charge is 2.31. The molecule has 0 saturated heterocycles. The highest BCUT2D eigenvalue weighted by atomic mass is 35.5. The number of carbonyl (C=O) groups excluding carboxylic acids is 2. The first-order chi connectivity index (χ1) is 17.0. The summed E-state index contributed by atoms with van der Waals surface area (Å²) in [6, 6.07) is 8.84. The average molecular weight is 559 g/mol. The number of hydrogen-bond acceptors (Lipinski definition) is 4. The number of hydrogen-bond donors (Lipinski definition) is 1. The summed E-state index contributed by atoms with van der Waals surface area (Å²) >= 11 is 12.2. The fourth-order valence-electron chi connectivity index (χ4n) is 4.21. The van der Waals surface area contributed by atoms with E-state index in [1.165, 1.54) is 17.0 Å². The Labute approximate surface area is 221 Å². The molecule has 0 spiro atoms. The summed E-state index contributed by atoms with van der Waals surface area (Å²) < 4.78 is 39.4. The molecule has 2 aromatic carbocycles. The quantitative estimate of drug-likeness (QED) is 0.481. The second-order valence-electron chi connectivity index (χ2n) is 9.04. The number of nitrogens with zero attached hydrogens (tertiary/aromatic N) is 2. The van der Waals surface area contributed by atoms with Crippen LogP contribution in [0.3, 0.4) is 0 Å². The topological polar surface area (TPSA) is 86.8 Å². The number of halogens is 3. The van der Waals surface area contributed by atoms with Crippen LogP contribution in [-0.4, -0.2) is 50.0 Å². The van der Waals surface area contributed by atoms with E-state index in [-0.39, 0.29) is 24.2 Å². The zero-order chi connectivity index (χ0) is 26.5. The lowest BCUT2D eigenvalue weighted by Gasteiger charge is -2.33. The van der Waals surface area contributed by atoms with Crippen LogP contribution in [0.1, 0.15) is 44.6 Å². The van der Waals surface area contributed by atoms with Crippen LogP contribution >= 0.6 is 23.2 Å². The molecule has 1 aliphatic carbocycles. The van der Waals surface area contributed by atoms with E-state index in [0.29, 0.717) is 15.6 Å². The number of nitrogens with one attached hydrogen (secondary N) is 1. The molecule has 0 unspecified atom stereocenters. The lowest BCUT2D eigenvalue weighted by molar-refractivity contribution is -0.139. The molecule has 11 heteroatoms. The lowest BCUT2D eigenvalue weighted by Crippen LogP contribution is -2.52. The minimum absolute atomic E-state index is 0.00992. The van der Waals surface area contributed by atoms with Crippen molar-refractivity contribution in [2.24, 2.45) is 0 Å². The molecular weight excluding hydrogens is 528 g/mol. The van der Waals surface area contributed by atoms with Gasteiger partial charge in [0.1, 0.15) is 18.4 Å². The number of anilines is 1. The number of sulfonamides is 1. The third-order valence-corrected chi connectivity index (χ3v) is 8.13. The maximum Gasteiger partial charge on any atom is 0.244 e. The van der Waals surface area contributed by atoms with Gasteiger partial charge in [-0.15, -0.1) is 0 Å². The van der Waals surface area contributed by atoms with Gasteiger partial charge in [0.2, 0.25) is 21.8 Å². The first kappa shape index (κ1) is 28.2. The average Bonchev–Trinajstić information content (AvgIpc) is 2.83. The van der Waals surface area contributed by atoms with Crippen molar-refractivity contribution in [3.8, 4) is 0 Å². The summed E-state index contributed by atoms with van der Waals surface area (Å²) in [5, 5.41) is 3.67. The van der Waals surface area contributed by atoms with Crippen LogP contribution in [0.4, 0.5) is 10.1 Å². The molecule has 1 N–H and O–H groups in total. The minimum atomic E-state index is -3.89. The molecule has 196 valence electrons. The van der Waals surface area contributed by atoms with Crippen LogP contribution in [0.15, 0.2) is 42.5 Å². The predicted molar refractivity (Wildman–Crippen MR) is 140 cm³/mol. The van der Waals surface area contributed by atoms with Gasteiger partial charge in [0, 0.05) is 12.6 Å². The second kappa shape index (κ2) is 12.3. The van der Waals surface area contributed by atoms with E-state index in [1.807, 2.05) is 0 Å². The first-order valence-corrected chi connectivity index (χ1v) is 14.3. The molecule has 36 heavy (non-hydrogen) atoms. The maximum atomic E-state index is 13.5. The highest BCUT2D eigenvalue weighted by Crippen LogP contribution is 2.25. The van der Waals surface area contributed by atoms with Gasteiger partial charge in [-0.3, -0.25) is 13.9 Å². The maximum absolute atomic E-state index is 13.5. The molecule has 0 radical (unpaired) electrons. The smallest absolute Gasteiger partial charge is 0.244 e. The molecule has 2 aromatic rings. The summed E-state index contributed by atoms with van der Waals surface area (Å²) in [6.45, 7) is 1.05. The predicted octanol–water partition coefficient (Wildman–Crippen LogP) is 4.76. The number of carbonyl (C=O) groups is 2. The van der Waals surface area contributed by atoms with Crippen molar-refractivity contribution < 1.29 is 22.4 Å². The van der Waals surface area contributed by atoms with Gasteiger partial charge in [-0.2, -0.15) is 0 Å². The van der Waals surface area contributed by atoms with Crippen molar-refractivity contribution in [3.63, 3.8) is 0 Å². The third kappa shape index (κ3) is 7.57. The van der Waals surface area contributed by atoms with E-state index in [9.17, 15) is 22.4 Å². The second-order valence-corrected chi connectivity index (χ2v) is 11.8. The van der Waals surface area contributed by atoms with Gasteiger partial charge in [-0.25, -0.2) is 12.8 Å². The van der Waals surface area contributed by atoms with Gasteiger partial charge in [0.25, 0.3) is 0 Å². The van der Waals surface area contributed by atoms with E-state index < -0.39 is 34.3 Å². The van der Waals surface area contributed by atoms with E-state index in [0.717, 1.165) is 54.8 Å². The molecule has 0 aliphatic heterocycles. The largest absolute Gasteiger partial charge is 0.352 e. The zero-order valence-electron chi connectivity index (χ0n) is 20.2. The lowest BCUT2D eigenvalue weighted by atomic mass is 9.95. The molecule has 0 heterocycles. The highest BCUT2D eigenvalue weighted by molar-refractivity contribution is 7.92. The fraction of sp³-hybridized carbons (Fsp3) is 0.440. The van der Waals surface area contributed by atoms with Gasteiger partial charge in [-0.1, -0.05) is 48.5 Å². The Bertz CT molecular complexity index is 1190. The van der Waals surface area contributed by atoms with Gasteiger partial charge in [0.05, 0.1) is 22.0 Å². The number of amides is 2. The van der Waals surface area contributed by atoms with Gasteiger partial charge < -0.3 is 10.2 Å². The minimum Gasteiger partial charge on any atom is -0.352 e. The molecular formula is C25H30Cl2FN3O4S. The van der Waals surface area contributed by atoms with Gasteiger partial charge in [-0.05, 0) is 61.7 Å². The molecule has 0 aromatic heterocycles. The Morgan fingerprint density at radius 2 is 1.69 bits per heavy atom. The van der Waals surface area contributed by atoms with E-state index in [1.54, 1.807) is 25.1 Å². The van der Waals surface area contributed by atoms with E-state index in [2.05, 4.69) is 5.32 Å². The van der Waals surface area contributed by atoms with Crippen molar-refractivity contribution in [1.82, 2.24) is 10.2 Å². The van der Waals surface area contributed by atoms with Crippen LogP contribution < -0.4 is 9.62 Å². The number of rotatable bonds is 9. The molecule has 1 atom stereocenters. The van der Waals surface area contributed by atoms with Crippen molar-refractivity contribution >= 4 is 50.7 Å². The summed E-state index contributed by atoms with van der Waals surface area (Å²) in [4.78, 5) is 28.0. The molecule has 3 rings (SSSR count). The SMILES string of the molecule is C[C@H](C(=O)NC1CCCCC1)N(Cc1ccc(Cl)c(Cl)c1)C(=O)CN(c1ccc(F)cc1)S(C)(=O)=O. The van der Waals surface area contributed by atoms with Gasteiger partial charge >= 0.3 is 0 Å².